The van der Waals surface area contributed by atoms with Crippen LogP contribution in [0.4, 0.5) is 5.69 Å². The molecule has 0 aliphatic carbocycles. The Hall–Kier alpha value is -1.71. The van der Waals surface area contributed by atoms with E-state index < -0.39 is 14.9 Å². The van der Waals surface area contributed by atoms with Crippen LogP contribution in [0.3, 0.4) is 0 Å². The molecular formula is C18H29N3O5S. The Labute approximate surface area is 161 Å². The van der Waals surface area contributed by atoms with Gasteiger partial charge >= 0.3 is 0 Å². The van der Waals surface area contributed by atoms with E-state index in [0.29, 0.717) is 18.4 Å². The maximum absolute atomic E-state index is 12.5. The quantitative estimate of drug-likeness (QED) is 0.389. The largest absolute Gasteiger partial charge is 0.495 e. The molecule has 9 heteroatoms. The molecule has 1 aliphatic rings. The van der Waals surface area contributed by atoms with Gasteiger partial charge in [-0.2, -0.15) is 0 Å². The summed E-state index contributed by atoms with van der Waals surface area (Å²) in [5.74, 6) is 1.39. The molecule has 1 aromatic carbocycles. The average molecular weight is 400 g/mol. The maximum Gasteiger partial charge on any atom is 0.273 e. The molecule has 1 heterocycles. The Morgan fingerprint density at radius 3 is 2.52 bits per heavy atom. The van der Waals surface area contributed by atoms with Crippen LogP contribution in [0.15, 0.2) is 23.1 Å². The van der Waals surface area contributed by atoms with Gasteiger partial charge in [-0.25, -0.2) is 13.1 Å². The normalized spacial score (nSPS) is 21.1. The third-order valence-electron chi connectivity index (χ3n) is 4.79. The van der Waals surface area contributed by atoms with E-state index >= 15 is 0 Å². The monoisotopic (exact) mass is 399 g/mol. The number of nitro benzene ring substituents is 1. The minimum absolute atomic E-state index is 0.0343. The molecule has 0 amide bonds. The van der Waals surface area contributed by atoms with Crippen molar-refractivity contribution in [1.82, 2.24) is 9.62 Å². The van der Waals surface area contributed by atoms with Gasteiger partial charge in [0, 0.05) is 25.7 Å². The molecule has 0 bridgehead atoms. The van der Waals surface area contributed by atoms with Gasteiger partial charge < -0.3 is 9.64 Å². The van der Waals surface area contributed by atoms with E-state index in [2.05, 4.69) is 23.5 Å². The van der Waals surface area contributed by atoms with Gasteiger partial charge in [0.15, 0.2) is 0 Å². The van der Waals surface area contributed by atoms with Crippen molar-refractivity contribution in [3.8, 4) is 5.75 Å². The summed E-state index contributed by atoms with van der Waals surface area (Å²) in [4.78, 5) is 12.6. The highest BCUT2D eigenvalue weighted by Crippen LogP contribution is 2.28. The van der Waals surface area contributed by atoms with Crippen molar-refractivity contribution in [2.45, 2.75) is 38.0 Å². The van der Waals surface area contributed by atoms with Gasteiger partial charge in [-0.15, -0.1) is 0 Å². The Morgan fingerprint density at radius 1 is 1.26 bits per heavy atom. The van der Waals surface area contributed by atoms with Crippen LogP contribution in [-0.2, 0) is 10.0 Å². The van der Waals surface area contributed by atoms with Crippen LogP contribution >= 0.6 is 0 Å². The summed E-state index contributed by atoms with van der Waals surface area (Å²) in [6.45, 7) is 8.05. The number of non-ortho nitro benzene ring substituents is 1. The zero-order chi connectivity index (χ0) is 20.0. The second-order valence-corrected chi connectivity index (χ2v) is 9.14. The fourth-order valence-electron chi connectivity index (χ4n) is 3.71. The van der Waals surface area contributed by atoms with Crippen molar-refractivity contribution in [2.75, 3.05) is 33.3 Å². The zero-order valence-corrected chi connectivity index (χ0v) is 17.0. The lowest BCUT2D eigenvalue weighted by atomic mass is 9.92. The van der Waals surface area contributed by atoms with E-state index in [1.807, 2.05) is 0 Å². The number of hydrogen-bond donors (Lipinski definition) is 1. The molecule has 2 rings (SSSR count). The molecule has 0 saturated carbocycles. The van der Waals surface area contributed by atoms with Crippen molar-refractivity contribution < 1.29 is 18.1 Å². The number of methoxy groups -OCH3 is 1. The first-order valence-corrected chi connectivity index (χ1v) is 10.8. The fourth-order valence-corrected chi connectivity index (χ4v) is 4.93. The van der Waals surface area contributed by atoms with Gasteiger partial charge in [-0.1, -0.05) is 13.8 Å². The lowest BCUT2D eigenvalue weighted by Crippen LogP contribution is -2.39. The molecule has 8 nitrogen and oxygen atoms in total. The highest BCUT2D eigenvalue weighted by molar-refractivity contribution is 7.89. The number of hydrogen-bond acceptors (Lipinski definition) is 6. The Balaban J connectivity index is 1.85. The molecule has 1 N–H and O–H groups in total. The number of ether oxygens (including phenoxy) is 1. The predicted molar refractivity (Wildman–Crippen MR) is 103 cm³/mol. The maximum atomic E-state index is 12.5. The molecule has 1 fully saturated rings. The first-order valence-electron chi connectivity index (χ1n) is 9.27. The third kappa shape index (κ3) is 6.15. The summed E-state index contributed by atoms with van der Waals surface area (Å²) in [6, 6.07) is 3.48. The molecule has 1 aliphatic heterocycles. The Bertz CT molecular complexity index is 743. The summed E-state index contributed by atoms with van der Waals surface area (Å²) in [5, 5.41) is 10.8. The lowest BCUT2D eigenvalue weighted by molar-refractivity contribution is -0.385. The van der Waals surface area contributed by atoms with Crippen LogP contribution in [0.1, 0.15) is 33.1 Å². The molecule has 27 heavy (non-hydrogen) atoms. The number of nitro groups is 1. The second kappa shape index (κ2) is 9.48. The van der Waals surface area contributed by atoms with Crippen molar-refractivity contribution in [3.05, 3.63) is 28.3 Å². The minimum atomic E-state index is -3.78. The molecule has 2 unspecified atom stereocenters. The smallest absolute Gasteiger partial charge is 0.273 e. The van der Waals surface area contributed by atoms with E-state index in [4.69, 9.17) is 4.74 Å². The van der Waals surface area contributed by atoms with E-state index in [1.165, 1.54) is 19.6 Å². The van der Waals surface area contributed by atoms with Gasteiger partial charge in [-0.05, 0) is 43.7 Å². The van der Waals surface area contributed by atoms with Crippen LogP contribution in [-0.4, -0.2) is 51.5 Å². The van der Waals surface area contributed by atoms with E-state index in [1.54, 1.807) is 0 Å². The predicted octanol–water partition coefficient (Wildman–Crippen LogP) is 2.64. The number of piperidine rings is 1. The highest BCUT2D eigenvalue weighted by atomic mass is 32.2. The van der Waals surface area contributed by atoms with Gasteiger partial charge in [0.2, 0.25) is 10.0 Å². The van der Waals surface area contributed by atoms with Gasteiger partial charge in [-0.3, -0.25) is 10.1 Å². The van der Waals surface area contributed by atoms with Gasteiger partial charge in [0.05, 0.1) is 18.1 Å². The Morgan fingerprint density at radius 2 is 1.93 bits per heavy atom. The van der Waals surface area contributed by atoms with Crippen molar-refractivity contribution in [1.29, 1.82) is 0 Å². The summed E-state index contributed by atoms with van der Waals surface area (Å²) >= 11 is 0. The van der Waals surface area contributed by atoms with Crippen molar-refractivity contribution >= 4 is 15.7 Å². The van der Waals surface area contributed by atoms with Gasteiger partial charge in [0.25, 0.3) is 5.69 Å². The fraction of sp³-hybridized carbons (Fsp3) is 0.667. The van der Waals surface area contributed by atoms with Crippen molar-refractivity contribution in [3.63, 3.8) is 0 Å². The summed E-state index contributed by atoms with van der Waals surface area (Å²) in [6.07, 6.45) is 2.92. The average Bonchev–Trinajstić information content (AvgIpc) is 2.59. The standard InChI is InChI=1S/C18H29N3O5S/c1-14-10-15(2)13-20(12-14)9-5-4-8-19-27(24,25)18-7-6-16(21(22)23)11-17(18)26-3/h6-7,11,14-15,19H,4-5,8-10,12-13H2,1-3H3. The summed E-state index contributed by atoms with van der Waals surface area (Å²) < 4.78 is 32.5. The Kier molecular flexibility index (Phi) is 7.58. The molecule has 0 spiro atoms. The number of nitrogens with one attached hydrogen (secondary N) is 1. The molecule has 2 atom stereocenters. The summed E-state index contributed by atoms with van der Waals surface area (Å²) in [5.41, 5.74) is -0.212. The number of rotatable bonds is 9. The SMILES string of the molecule is COc1cc([N+](=O)[O-])ccc1S(=O)(=O)NCCCCN1CC(C)CC(C)C1. The number of unbranched alkanes of at least 4 members (excludes halogenated alkanes) is 1. The van der Waals surface area contributed by atoms with Crippen LogP contribution < -0.4 is 9.46 Å². The molecular weight excluding hydrogens is 370 g/mol. The number of benzene rings is 1. The molecule has 1 saturated heterocycles. The number of likely N-dealkylation sites (tertiary alicyclic amines) is 1. The van der Waals surface area contributed by atoms with E-state index in [0.717, 1.165) is 44.6 Å². The van der Waals surface area contributed by atoms with Gasteiger partial charge in [0.1, 0.15) is 10.6 Å². The van der Waals surface area contributed by atoms with Crippen LogP contribution in [0.2, 0.25) is 0 Å². The van der Waals surface area contributed by atoms with E-state index in [9.17, 15) is 18.5 Å². The summed E-state index contributed by atoms with van der Waals surface area (Å²) in [7, 11) is -2.49. The third-order valence-corrected chi connectivity index (χ3v) is 6.29. The molecule has 0 aromatic heterocycles. The lowest BCUT2D eigenvalue weighted by Gasteiger charge is -2.34. The number of nitrogens with zero attached hydrogens (tertiary/aromatic N) is 2. The second-order valence-electron chi connectivity index (χ2n) is 7.40. The zero-order valence-electron chi connectivity index (χ0n) is 16.2. The topological polar surface area (TPSA) is 102 Å². The first-order chi connectivity index (χ1) is 12.7. The molecule has 1 aromatic rings. The first kappa shape index (κ1) is 21.6. The molecule has 152 valence electrons. The van der Waals surface area contributed by atoms with Crippen LogP contribution in [0, 0.1) is 22.0 Å². The minimum Gasteiger partial charge on any atom is -0.495 e. The molecule has 0 radical (unpaired) electrons. The van der Waals surface area contributed by atoms with Crippen molar-refractivity contribution in [2.24, 2.45) is 11.8 Å². The van der Waals surface area contributed by atoms with E-state index in [-0.39, 0.29) is 16.3 Å². The van der Waals surface area contributed by atoms with Crippen LogP contribution in [0.5, 0.6) is 5.75 Å². The van der Waals surface area contributed by atoms with Crippen LogP contribution in [0.25, 0.3) is 0 Å². The highest BCUT2D eigenvalue weighted by Gasteiger charge is 2.23. The number of sulfonamides is 1.